The van der Waals surface area contributed by atoms with Crippen molar-refractivity contribution in [3.63, 3.8) is 0 Å². The summed E-state index contributed by atoms with van der Waals surface area (Å²) >= 11 is 1.41. The summed E-state index contributed by atoms with van der Waals surface area (Å²) < 4.78 is 6.92. The molecule has 2 aromatic heterocycles. The molecule has 4 aromatic rings. The standard InChI is InChI=1S/C22H20N2O4S/c1-3-13(2)24-21(27)17-6-4-5-7-18(17)23-22(24)29-12-14-10-20(26)28-19-11-15(25)8-9-16(14)19/h4-11,13,25H,3,12H2,1-2H3/t13-/m0/s1. The van der Waals surface area contributed by atoms with Gasteiger partial charge in [0.05, 0.1) is 10.9 Å². The summed E-state index contributed by atoms with van der Waals surface area (Å²) in [5.74, 6) is 0.473. The van der Waals surface area contributed by atoms with Crippen molar-refractivity contribution >= 4 is 33.6 Å². The molecule has 6 nitrogen and oxygen atoms in total. The molecule has 0 aliphatic heterocycles. The highest BCUT2D eigenvalue weighted by molar-refractivity contribution is 7.98. The summed E-state index contributed by atoms with van der Waals surface area (Å²) in [7, 11) is 0. The van der Waals surface area contributed by atoms with Gasteiger partial charge in [-0.15, -0.1) is 0 Å². The first-order valence-electron chi connectivity index (χ1n) is 9.37. The van der Waals surface area contributed by atoms with Crippen molar-refractivity contribution in [1.82, 2.24) is 9.55 Å². The van der Waals surface area contributed by atoms with Gasteiger partial charge in [-0.05, 0) is 43.2 Å². The molecule has 7 heteroatoms. The number of aromatic hydroxyl groups is 1. The topological polar surface area (TPSA) is 85.3 Å². The van der Waals surface area contributed by atoms with Gasteiger partial charge in [-0.3, -0.25) is 9.36 Å². The Morgan fingerprint density at radius 1 is 1.14 bits per heavy atom. The molecule has 0 spiro atoms. The van der Waals surface area contributed by atoms with Gasteiger partial charge >= 0.3 is 5.63 Å². The van der Waals surface area contributed by atoms with Crippen LogP contribution in [0.4, 0.5) is 0 Å². The number of hydrogen-bond donors (Lipinski definition) is 1. The molecule has 148 valence electrons. The van der Waals surface area contributed by atoms with E-state index in [2.05, 4.69) is 0 Å². The van der Waals surface area contributed by atoms with Gasteiger partial charge in [0.25, 0.3) is 5.56 Å². The Morgan fingerprint density at radius 3 is 2.72 bits per heavy atom. The van der Waals surface area contributed by atoms with Crippen LogP contribution in [-0.4, -0.2) is 14.7 Å². The largest absolute Gasteiger partial charge is 0.508 e. The third-order valence-corrected chi connectivity index (χ3v) is 5.98. The van der Waals surface area contributed by atoms with E-state index in [-0.39, 0.29) is 17.4 Å². The summed E-state index contributed by atoms with van der Waals surface area (Å²) in [6.45, 7) is 4.03. The summed E-state index contributed by atoms with van der Waals surface area (Å²) in [4.78, 5) is 29.8. The highest BCUT2D eigenvalue weighted by atomic mass is 32.2. The van der Waals surface area contributed by atoms with Crippen molar-refractivity contribution in [2.75, 3.05) is 0 Å². The van der Waals surface area contributed by atoms with Crippen LogP contribution in [0.1, 0.15) is 31.9 Å². The maximum atomic E-state index is 13.1. The third-order valence-electron chi connectivity index (χ3n) is 4.98. The summed E-state index contributed by atoms with van der Waals surface area (Å²) in [5, 5.41) is 11.6. The molecule has 2 heterocycles. The molecule has 4 rings (SSSR count). The van der Waals surface area contributed by atoms with Gasteiger partial charge in [0.15, 0.2) is 5.16 Å². The van der Waals surface area contributed by atoms with Crippen LogP contribution in [0.3, 0.4) is 0 Å². The monoisotopic (exact) mass is 408 g/mol. The number of phenols is 1. The van der Waals surface area contributed by atoms with E-state index in [1.165, 1.54) is 23.9 Å². The first-order chi connectivity index (χ1) is 14.0. The predicted octanol–water partition coefficient (Wildman–Crippen LogP) is 4.47. The van der Waals surface area contributed by atoms with Crippen molar-refractivity contribution in [3.8, 4) is 5.75 Å². The number of para-hydroxylation sites is 1. The molecule has 0 saturated heterocycles. The van der Waals surface area contributed by atoms with Crippen molar-refractivity contribution < 1.29 is 9.52 Å². The van der Waals surface area contributed by atoms with Gasteiger partial charge < -0.3 is 9.52 Å². The number of fused-ring (bicyclic) bond motifs is 2. The number of rotatable bonds is 5. The summed E-state index contributed by atoms with van der Waals surface area (Å²) in [5.41, 5.74) is 1.21. The molecule has 0 fully saturated rings. The molecule has 2 aromatic carbocycles. The van der Waals surface area contributed by atoms with Crippen LogP contribution in [-0.2, 0) is 5.75 Å². The molecule has 0 radical (unpaired) electrons. The fourth-order valence-electron chi connectivity index (χ4n) is 3.28. The summed E-state index contributed by atoms with van der Waals surface area (Å²) in [6.07, 6.45) is 0.796. The SMILES string of the molecule is CC[C@H](C)n1c(SCc2cc(=O)oc3cc(O)ccc23)nc2ccccc2c1=O. The average Bonchev–Trinajstić information content (AvgIpc) is 2.71. The van der Waals surface area contributed by atoms with Gasteiger partial charge in [-0.1, -0.05) is 30.8 Å². The van der Waals surface area contributed by atoms with Crippen molar-refractivity contribution in [3.05, 3.63) is 74.9 Å². The molecule has 0 unspecified atom stereocenters. The van der Waals surface area contributed by atoms with E-state index in [1.807, 2.05) is 32.0 Å². The van der Waals surface area contributed by atoms with Gasteiger partial charge in [-0.25, -0.2) is 9.78 Å². The molecule has 0 aliphatic carbocycles. The van der Waals surface area contributed by atoms with Crippen LogP contribution in [0.2, 0.25) is 0 Å². The lowest BCUT2D eigenvalue weighted by Crippen LogP contribution is -2.26. The minimum atomic E-state index is -0.482. The number of thioether (sulfide) groups is 1. The van der Waals surface area contributed by atoms with E-state index in [9.17, 15) is 14.7 Å². The molecule has 0 bridgehead atoms. The van der Waals surface area contributed by atoms with Gasteiger partial charge in [0, 0.05) is 29.3 Å². The van der Waals surface area contributed by atoms with Crippen molar-refractivity contribution in [1.29, 1.82) is 0 Å². The van der Waals surface area contributed by atoms with Crippen LogP contribution in [0.5, 0.6) is 5.75 Å². The second-order valence-corrected chi connectivity index (χ2v) is 7.85. The molecule has 29 heavy (non-hydrogen) atoms. The second-order valence-electron chi connectivity index (χ2n) is 6.90. The maximum absolute atomic E-state index is 13.1. The normalized spacial score (nSPS) is 12.5. The van der Waals surface area contributed by atoms with E-state index in [4.69, 9.17) is 9.40 Å². The Morgan fingerprint density at radius 2 is 1.93 bits per heavy atom. The minimum absolute atomic E-state index is 0.00311. The molecule has 0 amide bonds. The molecule has 1 N–H and O–H groups in total. The quantitative estimate of drug-likeness (QED) is 0.298. The Bertz CT molecular complexity index is 1330. The lowest BCUT2D eigenvalue weighted by Gasteiger charge is -2.18. The fraction of sp³-hybridized carbons (Fsp3) is 0.227. The smallest absolute Gasteiger partial charge is 0.336 e. The van der Waals surface area contributed by atoms with Crippen LogP contribution < -0.4 is 11.2 Å². The van der Waals surface area contributed by atoms with E-state index in [0.29, 0.717) is 27.4 Å². The van der Waals surface area contributed by atoms with E-state index in [1.54, 1.807) is 22.8 Å². The third kappa shape index (κ3) is 3.65. The van der Waals surface area contributed by atoms with Crippen LogP contribution in [0.25, 0.3) is 21.9 Å². The first kappa shape index (κ1) is 19.3. The zero-order chi connectivity index (χ0) is 20.5. The highest BCUT2D eigenvalue weighted by Crippen LogP contribution is 2.29. The van der Waals surface area contributed by atoms with E-state index < -0.39 is 5.63 Å². The van der Waals surface area contributed by atoms with Crippen LogP contribution in [0, 0.1) is 0 Å². The fourth-order valence-corrected chi connectivity index (χ4v) is 4.37. The van der Waals surface area contributed by atoms with Crippen LogP contribution >= 0.6 is 11.8 Å². The number of aromatic nitrogens is 2. The summed E-state index contributed by atoms with van der Waals surface area (Å²) in [6, 6.07) is 13.5. The molecule has 0 saturated carbocycles. The van der Waals surface area contributed by atoms with E-state index >= 15 is 0 Å². The van der Waals surface area contributed by atoms with Gasteiger partial charge in [0.1, 0.15) is 11.3 Å². The maximum Gasteiger partial charge on any atom is 0.336 e. The number of nitrogens with zero attached hydrogens (tertiary/aromatic N) is 2. The Labute approximate surface area is 170 Å². The second kappa shape index (κ2) is 7.75. The zero-order valence-corrected chi connectivity index (χ0v) is 16.9. The molecule has 1 atom stereocenters. The Kier molecular flexibility index (Phi) is 5.15. The predicted molar refractivity (Wildman–Crippen MR) is 115 cm³/mol. The lowest BCUT2D eigenvalue weighted by atomic mass is 10.1. The van der Waals surface area contributed by atoms with E-state index in [0.717, 1.165) is 17.4 Å². The van der Waals surface area contributed by atoms with Crippen molar-refractivity contribution in [2.24, 2.45) is 0 Å². The first-order valence-corrected chi connectivity index (χ1v) is 10.4. The molecular weight excluding hydrogens is 388 g/mol. The average molecular weight is 408 g/mol. The number of hydrogen-bond acceptors (Lipinski definition) is 6. The molecule has 0 aliphatic rings. The number of benzene rings is 2. The highest BCUT2D eigenvalue weighted by Gasteiger charge is 2.16. The van der Waals surface area contributed by atoms with Crippen LogP contribution in [0.15, 0.2) is 67.7 Å². The van der Waals surface area contributed by atoms with Gasteiger partial charge in [-0.2, -0.15) is 0 Å². The number of phenolic OH excluding ortho intramolecular Hbond substituents is 1. The van der Waals surface area contributed by atoms with Crippen molar-refractivity contribution in [2.45, 2.75) is 37.2 Å². The van der Waals surface area contributed by atoms with Gasteiger partial charge in [0.2, 0.25) is 0 Å². The zero-order valence-electron chi connectivity index (χ0n) is 16.1. The minimum Gasteiger partial charge on any atom is -0.508 e. The lowest BCUT2D eigenvalue weighted by molar-refractivity contribution is 0.468. The Hall–Kier alpha value is -3.06. The Balaban J connectivity index is 1.80. The molecular formula is C22H20N2O4S.